The molecular formula is C9H20N4O4S. The Labute approximate surface area is 107 Å². The molecule has 6 N–H and O–H groups in total. The molecule has 106 valence electrons. The van der Waals surface area contributed by atoms with Gasteiger partial charge in [-0.1, -0.05) is 13.8 Å². The van der Waals surface area contributed by atoms with E-state index < -0.39 is 27.9 Å². The lowest BCUT2D eigenvalue weighted by molar-refractivity contribution is -0.127. The Morgan fingerprint density at radius 3 is 2.22 bits per heavy atom. The van der Waals surface area contributed by atoms with Crippen molar-refractivity contribution in [2.24, 2.45) is 16.8 Å². The van der Waals surface area contributed by atoms with Crippen LogP contribution in [0.2, 0.25) is 0 Å². The summed E-state index contributed by atoms with van der Waals surface area (Å²) in [6, 6.07) is -0.679. The second kappa shape index (κ2) is 7.29. The Balaban J connectivity index is 3.88. The highest BCUT2D eigenvalue weighted by atomic mass is 32.2. The van der Waals surface area contributed by atoms with Crippen molar-refractivity contribution in [2.45, 2.75) is 19.9 Å². The molecular weight excluding hydrogens is 260 g/mol. The Morgan fingerprint density at radius 2 is 1.78 bits per heavy atom. The fourth-order valence-corrected chi connectivity index (χ4v) is 1.37. The molecule has 0 aromatic carbocycles. The predicted molar refractivity (Wildman–Crippen MR) is 66.8 cm³/mol. The molecule has 0 aromatic heterocycles. The van der Waals surface area contributed by atoms with Crippen molar-refractivity contribution < 1.29 is 18.0 Å². The smallest absolute Gasteiger partial charge is 0.239 e. The van der Waals surface area contributed by atoms with E-state index in [1.54, 1.807) is 13.8 Å². The van der Waals surface area contributed by atoms with Crippen LogP contribution in [0.4, 0.5) is 0 Å². The fourth-order valence-electron chi connectivity index (χ4n) is 0.983. The van der Waals surface area contributed by atoms with Gasteiger partial charge in [0, 0.05) is 6.54 Å². The van der Waals surface area contributed by atoms with Crippen LogP contribution in [-0.4, -0.2) is 45.1 Å². The third kappa shape index (κ3) is 7.98. The van der Waals surface area contributed by atoms with Crippen LogP contribution >= 0.6 is 0 Å². The minimum absolute atomic E-state index is 0.0320. The summed E-state index contributed by atoms with van der Waals surface area (Å²) in [6.45, 7) is 3.24. The van der Waals surface area contributed by atoms with E-state index in [4.69, 9.17) is 10.9 Å². The van der Waals surface area contributed by atoms with Gasteiger partial charge >= 0.3 is 0 Å². The first-order chi connectivity index (χ1) is 8.13. The van der Waals surface area contributed by atoms with Crippen LogP contribution in [0.5, 0.6) is 0 Å². The van der Waals surface area contributed by atoms with E-state index in [-0.39, 0.29) is 24.8 Å². The van der Waals surface area contributed by atoms with E-state index in [9.17, 15) is 18.0 Å². The number of carbonyl (C=O) groups excluding carboxylic acids is 2. The molecule has 0 radical (unpaired) electrons. The van der Waals surface area contributed by atoms with Crippen molar-refractivity contribution in [1.29, 1.82) is 0 Å². The molecule has 0 fully saturated rings. The molecule has 9 heteroatoms. The largest absolute Gasteiger partial charge is 0.353 e. The van der Waals surface area contributed by atoms with E-state index >= 15 is 0 Å². The molecule has 8 nitrogen and oxygen atoms in total. The first kappa shape index (κ1) is 16.8. The van der Waals surface area contributed by atoms with Gasteiger partial charge in [-0.2, -0.15) is 0 Å². The molecule has 18 heavy (non-hydrogen) atoms. The molecule has 0 aromatic rings. The Kier molecular flexibility index (Phi) is 6.81. The van der Waals surface area contributed by atoms with E-state index in [1.165, 1.54) is 0 Å². The van der Waals surface area contributed by atoms with E-state index in [2.05, 4.69) is 10.6 Å². The average molecular weight is 280 g/mol. The third-order valence-corrected chi connectivity index (χ3v) is 2.93. The number of hydrogen-bond donors (Lipinski definition) is 4. The zero-order valence-corrected chi connectivity index (χ0v) is 11.3. The SMILES string of the molecule is CC(C)[C@H](N)C(=O)NCC(=O)NCCS(N)(=O)=O. The van der Waals surface area contributed by atoms with Gasteiger partial charge in [-0.3, -0.25) is 9.59 Å². The summed E-state index contributed by atoms with van der Waals surface area (Å²) in [7, 11) is -3.60. The fraction of sp³-hybridized carbons (Fsp3) is 0.778. The standard InChI is InChI=1S/C9H20N4O4S/c1-6(2)8(10)9(15)13-5-7(14)12-3-4-18(11,16)17/h6,8H,3-5,10H2,1-2H3,(H,12,14)(H,13,15)(H2,11,16,17)/t8-/m0/s1. The van der Waals surface area contributed by atoms with Gasteiger partial charge in [0.15, 0.2) is 0 Å². The first-order valence-electron chi connectivity index (χ1n) is 5.44. The molecule has 0 aliphatic carbocycles. The highest BCUT2D eigenvalue weighted by molar-refractivity contribution is 7.89. The van der Waals surface area contributed by atoms with Crippen molar-refractivity contribution >= 4 is 21.8 Å². The lowest BCUT2D eigenvalue weighted by atomic mass is 10.1. The minimum Gasteiger partial charge on any atom is -0.353 e. The summed E-state index contributed by atoms with van der Waals surface area (Å²) in [4.78, 5) is 22.6. The highest BCUT2D eigenvalue weighted by Gasteiger charge is 2.17. The molecule has 0 unspecified atom stereocenters. The lowest BCUT2D eigenvalue weighted by Gasteiger charge is -2.15. The van der Waals surface area contributed by atoms with Crippen LogP contribution in [0.1, 0.15) is 13.8 Å². The van der Waals surface area contributed by atoms with E-state index in [1.807, 2.05) is 0 Å². The summed E-state index contributed by atoms with van der Waals surface area (Å²) < 4.78 is 21.2. The van der Waals surface area contributed by atoms with Crippen molar-refractivity contribution in [2.75, 3.05) is 18.8 Å². The van der Waals surface area contributed by atoms with Gasteiger partial charge in [-0.15, -0.1) is 0 Å². The lowest BCUT2D eigenvalue weighted by Crippen LogP contribution is -2.47. The molecule has 0 heterocycles. The maximum Gasteiger partial charge on any atom is 0.239 e. The number of carbonyl (C=O) groups is 2. The molecule has 0 saturated heterocycles. The van der Waals surface area contributed by atoms with Crippen LogP contribution < -0.4 is 21.5 Å². The topological polar surface area (TPSA) is 144 Å². The van der Waals surface area contributed by atoms with Crippen molar-refractivity contribution in [1.82, 2.24) is 10.6 Å². The maximum absolute atomic E-state index is 11.4. The number of primary sulfonamides is 1. The number of hydrogen-bond acceptors (Lipinski definition) is 5. The normalized spacial score (nSPS) is 13.2. The summed E-state index contributed by atoms with van der Waals surface area (Å²) >= 11 is 0. The van der Waals surface area contributed by atoms with Gasteiger partial charge in [0.1, 0.15) is 0 Å². The van der Waals surface area contributed by atoms with Crippen LogP contribution in [-0.2, 0) is 19.6 Å². The number of rotatable bonds is 7. The Hall–Kier alpha value is -1.19. The molecule has 0 bridgehead atoms. The minimum atomic E-state index is -3.60. The van der Waals surface area contributed by atoms with Gasteiger partial charge in [0.25, 0.3) is 0 Å². The predicted octanol–water partition coefficient (Wildman–Crippen LogP) is -2.51. The molecule has 0 spiro atoms. The Bertz CT molecular complexity index is 393. The molecule has 0 saturated carbocycles. The molecule has 1 atom stereocenters. The third-order valence-electron chi connectivity index (χ3n) is 2.15. The van der Waals surface area contributed by atoms with Gasteiger partial charge < -0.3 is 16.4 Å². The highest BCUT2D eigenvalue weighted by Crippen LogP contribution is 1.97. The molecule has 0 aliphatic heterocycles. The van der Waals surface area contributed by atoms with Gasteiger partial charge in [0.2, 0.25) is 21.8 Å². The molecule has 0 aliphatic rings. The zero-order valence-electron chi connectivity index (χ0n) is 10.5. The summed E-state index contributed by atoms with van der Waals surface area (Å²) in [5, 5.41) is 9.42. The average Bonchev–Trinajstić information content (AvgIpc) is 2.22. The van der Waals surface area contributed by atoms with Crippen LogP contribution in [0, 0.1) is 5.92 Å². The van der Waals surface area contributed by atoms with E-state index in [0.717, 1.165) is 0 Å². The molecule has 0 rings (SSSR count). The second-order valence-electron chi connectivity index (χ2n) is 4.20. The van der Waals surface area contributed by atoms with E-state index in [0.29, 0.717) is 0 Å². The van der Waals surface area contributed by atoms with Gasteiger partial charge in [0.05, 0.1) is 18.3 Å². The number of amides is 2. The number of sulfonamides is 1. The second-order valence-corrected chi connectivity index (χ2v) is 5.94. The van der Waals surface area contributed by atoms with Crippen molar-refractivity contribution in [3.05, 3.63) is 0 Å². The van der Waals surface area contributed by atoms with Gasteiger partial charge in [-0.05, 0) is 5.92 Å². The van der Waals surface area contributed by atoms with Crippen LogP contribution in [0.3, 0.4) is 0 Å². The van der Waals surface area contributed by atoms with Crippen LogP contribution in [0.25, 0.3) is 0 Å². The number of nitrogens with one attached hydrogen (secondary N) is 2. The Morgan fingerprint density at radius 1 is 1.22 bits per heavy atom. The van der Waals surface area contributed by atoms with Crippen molar-refractivity contribution in [3.8, 4) is 0 Å². The van der Waals surface area contributed by atoms with Gasteiger partial charge in [-0.25, -0.2) is 13.6 Å². The quantitative estimate of drug-likeness (QED) is 0.407. The maximum atomic E-state index is 11.4. The van der Waals surface area contributed by atoms with Crippen LogP contribution in [0.15, 0.2) is 0 Å². The zero-order chi connectivity index (χ0) is 14.3. The summed E-state index contributed by atoms with van der Waals surface area (Å²) in [5.74, 6) is -1.30. The first-order valence-corrected chi connectivity index (χ1v) is 7.15. The summed E-state index contributed by atoms with van der Waals surface area (Å²) in [6.07, 6.45) is 0. The number of nitrogens with two attached hydrogens (primary N) is 2. The summed E-state index contributed by atoms with van der Waals surface area (Å²) in [5.41, 5.74) is 5.56. The van der Waals surface area contributed by atoms with Crippen molar-refractivity contribution in [3.63, 3.8) is 0 Å². The molecule has 2 amide bonds. The monoisotopic (exact) mass is 280 g/mol.